The van der Waals surface area contributed by atoms with Crippen molar-refractivity contribution in [2.45, 2.75) is 45.2 Å². The minimum Gasteiger partial charge on any atom is -0.357 e. The number of hydrogen-bond acceptors (Lipinski definition) is 5. The van der Waals surface area contributed by atoms with Gasteiger partial charge in [-0.3, -0.25) is 9.59 Å². The fourth-order valence-corrected chi connectivity index (χ4v) is 3.95. The fourth-order valence-electron chi connectivity index (χ4n) is 3.95. The van der Waals surface area contributed by atoms with Crippen LogP contribution in [0.2, 0.25) is 0 Å². The number of rotatable bonds is 11. The Morgan fingerprint density at radius 1 is 1.24 bits per heavy atom. The standard InChI is InChI=1S/C26H31N5O3/c1-3-4-14-23-21(18-31(26(23)34)24(15-9-16-32)25(33)27-2)12-8-13-22-19-30(29-28-22)17-20-10-6-5-7-11-20/h3-7,10-12,14,16,19,24H,8-9,13,15,17-18H2,1-2H3,(H,27,33)/b4-3-,21-12+,23-14+. The number of nitrogens with one attached hydrogen (secondary N) is 1. The highest BCUT2D eigenvalue weighted by atomic mass is 16.2. The molecular weight excluding hydrogens is 430 g/mol. The zero-order valence-electron chi connectivity index (χ0n) is 19.7. The number of nitrogens with zero attached hydrogens (tertiary/aromatic N) is 4. The van der Waals surface area contributed by atoms with Crippen molar-refractivity contribution in [1.82, 2.24) is 25.2 Å². The Hall–Kier alpha value is -3.81. The Morgan fingerprint density at radius 2 is 2.03 bits per heavy atom. The van der Waals surface area contributed by atoms with Crippen LogP contribution in [0.15, 0.2) is 72.0 Å². The van der Waals surface area contributed by atoms with Crippen LogP contribution in [0.5, 0.6) is 0 Å². The number of aryl methyl sites for hydroxylation is 1. The molecule has 0 radical (unpaired) electrons. The Labute approximate surface area is 200 Å². The average Bonchev–Trinajstić information content (AvgIpc) is 3.42. The summed E-state index contributed by atoms with van der Waals surface area (Å²) in [7, 11) is 1.54. The molecule has 178 valence electrons. The molecule has 8 heteroatoms. The maximum absolute atomic E-state index is 13.1. The van der Waals surface area contributed by atoms with Gasteiger partial charge in [0.25, 0.3) is 5.91 Å². The van der Waals surface area contributed by atoms with Crippen molar-refractivity contribution < 1.29 is 14.4 Å². The molecule has 1 fully saturated rings. The molecule has 3 rings (SSSR count). The molecule has 1 aliphatic heterocycles. The summed E-state index contributed by atoms with van der Waals surface area (Å²) >= 11 is 0. The van der Waals surface area contributed by atoms with Gasteiger partial charge in [0.1, 0.15) is 12.3 Å². The van der Waals surface area contributed by atoms with Crippen LogP contribution >= 0.6 is 0 Å². The minimum atomic E-state index is -0.680. The highest BCUT2D eigenvalue weighted by Gasteiger charge is 2.37. The lowest BCUT2D eigenvalue weighted by molar-refractivity contribution is -0.136. The normalized spacial score (nSPS) is 17.1. The molecule has 2 amide bonds. The SMILES string of the molecule is C\C=C/C=C1/C(=O)N(C(CCC=O)C(=O)NC)C/C1=C\CCc1cn(Cc2ccccc2)nn1. The van der Waals surface area contributed by atoms with Crippen LogP contribution in [0.3, 0.4) is 0 Å². The zero-order chi connectivity index (χ0) is 24.3. The number of aldehydes is 1. The fraction of sp³-hybridized carbons (Fsp3) is 0.346. The van der Waals surface area contributed by atoms with Crippen LogP contribution < -0.4 is 5.32 Å². The van der Waals surface area contributed by atoms with Gasteiger partial charge < -0.3 is 15.0 Å². The largest absolute Gasteiger partial charge is 0.357 e. The van der Waals surface area contributed by atoms with Crippen molar-refractivity contribution in [3.63, 3.8) is 0 Å². The van der Waals surface area contributed by atoms with Gasteiger partial charge in [-0.1, -0.05) is 53.8 Å². The molecule has 0 aliphatic carbocycles. The van der Waals surface area contributed by atoms with Crippen LogP contribution in [-0.2, 0) is 27.3 Å². The summed E-state index contributed by atoms with van der Waals surface area (Å²) in [6, 6.07) is 9.40. The second kappa shape index (κ2) is 12.4. The number of benzene rings is 1. The molecule has 2 heterocycles. The van der Waals surface area contributed by atoms with E-state index in [9.17, 15) is 14.4 Å². The van der Waals surface area contributed by atoms with E-state index in [0.717, 1.165) is 23.1 Å². The predicted molar refractivity (Wildman–Crippen MR) is 130 cm³/mol. The molecule has 1 saturated heterocycles. The van der Waals surface area contributed by atoms with Crippen molar-refractivity contribution in [3.05, 3.63) is 83.2 Å². The van der Waals surface area contributed by atoms with E-state index in [2.05, 4.69) is 27.8 Å². The van der Waals surface area contributed by atoms with Gasteiger partial charge in [0.15, 0.2) is 0 Å². The van der Waals surface area contributed by atoms with Crippen molar-refractivity contribution in [2.24, 2.45) is 0 Å². The first-order valence-electron chi connectivity index (χ1n) is 11.5. The van der Waals surface area contributed by atoms with Crippen molar-refractivity contribution >= 4 is 18.1 Å². The number of aromatic nitrogens is 3. The Morgan fingerprint density at radius 3 is 2.74 bits per heavy atom. The molecule has 1 aromatic heterocycles. The maximum atomic E-state index is 13.1. The number of amides is 2. The lowest BCUT2D eigenvalue weighted by atomic mass is 10.1. The summed E-state index contributed by atoms with van der Waals surface area (Å²) in [5.74, 6) is -0.463. The van der Waals surface area contributed by atoms with E-state index in [-0.39, 0.29) is 18.2 Å². The topological polar surface area (TPSA) is 97.2 Å². The molecule has 1 N–H and O–H groups in total. The van der Waals surface area contributed by atoms with Gasteiger partial charge in [-0.15, -0.1) is 5.10 Å². The third-order valence-electron chi connectivity index (χ3n) is 5.68. The van der Waals surface area contributed by atoms with Crippen LogP contribution in [0, 0.1) is 0 Å². The third kappa shape index (κ3) is 6.37. The Balaban J connectivity index is 1.71. The quantitative estimate of drug-likeness (QED) is 0.410. The van der Waals surface area contributed by atoms with Gasteiger partial charge >= 0.3 is 0 Å². The molecule has 8 nitrogen and oxygen atoms in total. The van der Waals surface area contributed by atoms with Crippen molar-refractivity contribution in [2.75, 3.05) is 13.6 Å². The van der Waals surface area contributed by atoms with E-state index < -0.39 is 6.04 Å². The van der Waals surface area contributed by atoms with Gasteiger partial charge in [0.2, 0.25) is 5.91 Å². The first-order chi connectivity index (χ1) is 16.6. The van der Waals surface area contributed by atoms with Crippen molar-refractivity contribution in [1.29, 1.82) is 0 Å². The average molecular weight is 462 g/mol. The van der Waals surface area contributed by atoms with Gasteiger partial charge in [-0.25, -0.2) is 4.68 Å². The van der Waals surface area contributed by atoms with Crippen LogP contribution in [-0.4, -0.2) is 57.6 Å². The van der Waals surface area contributed by atoms with Gasteiger partial charge in [0, 0.05) is 31.8 Å². The summed E-state index contributed by atoms with van der Waals surface area (Å²) in [4.78, 5) is 38.0. The first kappa shape index (κ1) is 24.8. The van der Waals surface area contributed by atoms with E-state index in [1.165, 1.54) is 7.05 Å². The highest BCUT2D eigenvalue weighted by molar-refractivity contribution is 6.04. The maximum Gasteiger partial charge on any atom is 0.255 e. The molecule has 34 heavy (non-hydrogen) atoms. The summed E-state index contributed by atoms with van der Waals surface area (Å²) in [6.45, 7) is 2.88. The number of carbonyl (C=O) groups is 3. The molecule has 2 aromatic rings. The molecule has 1 aromatic carbocycles. The first-order valence-corrected chi connectivity index (χ1v) is 11.5. The summed E-state index contributed by atoms with van der Waals surface area (Å²) in [6.07, 6.45) is 12.1. The molecule has 0 saturated carbocycles. The van der Waals surface area contributed by atoms with Gasteiger partial charge in [-0.05, 0) is 43.4 Å². The molecule has 0 bridgehead atoms. The van der Waals surface area contributed by atoms with E-state index in [0.29, 0.717) is 37.9 Å². The molecular formula is C26H31N5O3. The lowest BCUT2D eigenvalue weighted by Crippen LogP contribution is -2.46. The van der Waals surface area contributed by atoms with E-state index >= 15 is 0 Å². The van der Waals surface area contributed by atoms with Crippen LogP contribution in [0.1, 0.15) is 37.4 Å². The molecule has 1 aliphatic rings. The summed E-state index contributed by atoms with van der Waals surface area (Å²) in [5.41, 5.74) is 3.48. The number of likely N-dealkylation sites (tertiary alicyclic amines) is 1. The predicted octanol–water partition coefficient (Wildman–Crippen LogP) is 2.62. The number of hydrogen-bond donors (Lipinski definition) is 1. The smallest absolute Gasteiger partial charge is 0.255 e. The molecule has 0 spiro atoms. The van der Waals surface area contributed by atoms with E-state index in [1.807, 2.05) is 54.2 Å². The molecule has 1 atom stereocenters. The van der Waals surface area contributed by atoms with Gasteiger partial charge in [-0.2, -0.15) is 0 Å². The van der Waals surface area contributed by atoms with E-state index in [1.54, 1.807) is 11.0 Å². The molecule has 1 unspecified atom stereocenters. The monoisotopic (exact) mass is 461 g/mol. The van der Waals surface area contributed by atoms with Crippen molar-refractivity contribution in [3.8, 4) is 0 Å². The van der Waals surface area contributed by atoms with E-state index in [4.69, 9.17) is 0 Å². The number of allylic oxidation sites excluding steroid dienone is 4. The summed E-state index contributed by atoms with van der Waals surface area (Å²) < 4.78 is 1.82. The minimum absolute atomic E-state index is 0.197. The second-order valence-corrected chi connectivity index (χ2v) is 8.07. The van der Waals surface area contributed by atoms with Crippen LogP contribution in [0.4, 0.5) is 0 Å². The highest BCUT2D eigenvalue weighted by Crippen LogP contribution is 2.27. The zero-order valence-corrected chi connectivity index (χ0v) is 19.7. The number of likely N-dealkylation sites (N-methyl/N-ethyl adjacent to an activating group) is 1. The Bertz CT molecular complexity index is 1080. The van der Waals surface area contributed by atoms with Crippen LogP contribution in [0.25, 0.3) is 0 Å². The third-order valence-corrected chi connectivity index (χ3v) is 5.68. The lowest BCUT2D eigenvalue weighted by Gasteiger charge is -2.25. The van der Waals surface area contributed by atoms with Gasteiger partial charge in [0.05, 0.1) is 12.2 Å². The second-order valence-electron chi connectivity index (χ2n) is 8.07. The number of carbonyl (C=O) groups excluding carboxylic acids is 3. The summed E-state index contributed by atoms with van der Waals surface area (Å²) in [5, 5.41) is 11.1. The Kier molecular flexibility index (Phi) is 9.08.